The predicted molar refractivity (Wildman–Crippen MR) is 65.2 cm³/mol. The highest BCUT2D eigenvalue weighted by molar-refractivity contribution is 5.44. The van der Waals surface area contributed by atoms with Crippen molar-refractivity contribution in [1.29, 1.82) is 0 Å². The normalized spacial score (nSPS) is 12.5. The molecule has 2 N–H and O–H groups in total. The number of aliphatic hydroxyl groups is 1. The Labute approximate surface area is 92.3 Å². The van der Waals surface area contributed by atoms with Crippen LogP contribution < -0.4 is 5.32 Å². The molecule has 0 saturated carbocycles. The summed E-state index contributed by atoms with van der Waals surface area (Å²) in [6.07, 6.45) is 3.35. The molecule has 0 aliphatic heterocycles. The second-order valence-electron chi connectivity index (χ2n) is 4.03. The molecule has 1 aromatic rings. The maximum atomic E-state index is 9.12. The first kappa shape index (κ1) is 12.1. The summed E-state index contributed by atoms with van der Waals surface area (Å²) in [5, 5.41) is 12.3. The van der Waals surface area contributed by atoms with Crippen LogP contribution in [-0.2, 0) is 6.42 Å². The van der Waals surface area contributed by atoms with E-state index < -0.39 is 0 Å². The number of aliphatic hydroxyl groups excluding tert-OH is 1. The molecular weight excluding hydrogens is 186 g/mol. The molecule has 1 rings (SSSR count). The number of rotatable bonds is 6. The number of hydrogen-bond acceptors (Lipinski definition) is 2. The zero-order valence-corrected chi connectivity index (χ0v) is 9.66. The Balaban J connectivity index is 2.41. The van der Waals surface area contributed by atoms with Crippen molar-refractivity contribution in [1.82, 2.24) is 0 Å². The van der Waals surface area contributed by atoms with Gasteiger partial charge < -0.3 is 10.4 Å². The van der Waals surface area contributed by atoms with Gasteiger partial charge in [-0.25, -0.2) is 0 Å². The number of hydrogen-bond donors (Lipinski definition) is 2. The van der Waals surface area contributed by atoms with Gasteiger partial charge in [-0.2, -0.15) is 0 Å². The van der Waals surface area contributed by atoms with Crippen molar-refractivity contribution in [2.45, 2.75) is 39.2 Å². The van der Waals surface area contributed by atoms with E-state index in [0.29, 0.717) is 6.54 Å². The van der Waals surface area contributed by atoms with Crippen LogP contribution in [0.25, 0.3) is 0 Å². The number of unbranched alkanes of at least 4 members (excludes halogenated alkanes) is 1. The Hall–Kier alpha value is -1.02. The van der Waals surface area contributed by atoms with Crippen LogP contribution in [-0.4, -0.2) is 17.8 Å². The molecule has 84 valence electrons. The first-order chi connectivity index (χ1) is 7.22. The molecule has 0 aliphatic rings. The lowest BCUT2D eigenvalue weighted by Gasteiger charge is -2.08. The van der Waals surface area contributed by atoms with E-state index >= 15 is 0 Å². The Morgan fingerprint density at radius 2 is 1.93 bits per heavy atom. The van der Waals surface area contributed by atoms with E-state index in [9.17, 15) is 0 Å². The van der Waals surface area contributed by atoms with Crippen LogP contribution in [0.1, 0.15) is 32.3 Å². The van der Waals surface area contributed by atoms with Gasteiger partial charge in [0.15, 0.2) is 0 Å². The van der Waals surface area contributed by atoms with Crippen LogP contribution >= 0.6 is 0 Å². The summed E-state index contributed by atoms with van der Waals surface area (Å²) < 4.78 is 0. The summed E-state index contributed by atoms with van der Waals surface area (Å²) >= 11 is 0. The lowest BCUT2D eigenvalue weighted by molar-refractivity contribution is 0.208. The van der Waals surface area contributed by atoms with Gasteiger partial charge in [0.1, 0.15) is 0 Å². The van der Waals surface area contributed by atoms with E-state index in [2.05, 4.69) is 36.5 Å². The molecule has 0 saturated heterocycles. The fourth-order valence-corrected chi connectivity index (χ4v) is 1.44. The van der Waals surface area contributed by atoms with Crippen LogP contribution in [0.4, 0.5) is 5.69 Å². The molecule has 1 atom stereocenters. The monoisotopic (exact) mass is 207 g/mol. The van der Waals surface area contributed by atoms with E-state index in [1.807, 2.05) is 0 Å². The predicted octanol–water partition coefficient (Wildman–Crippen LogP) is 2.82. The number of anilines is 1. The third kappa shape index (κ3) is 4.84. The lowest BCUT2D eigenvalue weighted by atomic mass is 10.1. The molecule has 0 unspecified atom stereocenters. The quantitative estimate of drug-likeness (QED) is 0.751. The third-order valence-electron chi connectivity index (χ3n) is 2.37. The number of benzene rings is 1. The van der Waals surface area contributed by atoms with Crippen molar-refractivity contribution < 1.29 is 5.11 Å². The summed E-state index contributed by atoms with van der Waals surface area (Å²) in [7, 11) is 0. The Bertz CT molecular complexity index is 266. The molecule has 0 fully saturated rings. The van der Waals surface area contributed by atoms with Gasteiger partial charge in [-0.1, -0.05) is 25.5 Å². The molecule has 15 heavy (non-hydrogen) atoms. The molecule has 0 bridgehead atoms. The molecule has 0 heterocycles. The van der Waals surface area contributed by atoms with Gasteiger partial charge in [-0.3, -0.25) is 0 Å². The molecular formula is C13H21NO. The van der Waals surface area contributed by atoms with Crippen LogP contribution in [0, 0.1) is 0 Å². The Morgan fingerprint density at radius 1 is 1.27 bits per heavy atom. The van der Waals surface area contributed by atoms with E-state index in [1.165, 1.54) is 18.4 Å². The Morgan fingerprint density at radius 3 is 2.47 bits per heavy atom. The smallest absolute Gasteiger partial charge is 0.0684 e. The topological polar surface area (TPSA) is 32.3 Å². The zero-order valence-electron chi connectivity index (χ0n) is 9.66. The summed E-state index contributed by atoms with van der Waals surface area (Å²) in [6, 6.07) is 8.46. The fraction of sp³-hybridized carbons (Fsp3) is 0.538. The minimum Gasteiger partial charge on any atom is -0.392 e. The van der Waals surface area contributed by atoms with Crippen LogP contribution in [0.3, 0.4) is 0 Å². The first-order valence-electron chi connectivity index (χ1n) is 5.73. The summed E-state index contributed by atoms with van der Waals surface area (Å²) in [5.74, 6) is 0. The highest BCUT2D eigenvalue weighted by Crippen LogP contribution is 2.11. The minimum atomic E-state index is -0.301. The standard InChI is InChI=1S/C13H21NO/c1-3-4-5-12-6-8-13(9-7-12)14-10-11(2)15/h6-9,11,14-15H,3-5,10H2,1-2H3/t11-/m1/s1. The van der Waals surface area contributed by atoms with E-state index in [4.69, 9.17) is 5.11 Å². The molecule has 2 nitrogen and oxygen atoms in total. The van der Waals surface area contributed by atoms with Crippen molar-refractivity contribution in [3.05, 3.63) is 29.8 Å². The Kier molecular flexibility index (Phi) is 5.19. The number of aryl methyl sites for hydroxylation is 1. The van der Waals surface area contributed by atoms with Crippen molar-refractivity contribution in [3.8, 4) is 0 Å². The molecule has 0 aromatic heterocycles. The van der Waals surface area contributed by atoms with Gasteiger partial charge in [-0.15, -0.1) is 0 Å². The summed E-state index contributed by atoms with van der Waals surface area (Å²) in [5.41, 5.74) is 2.47. The maximum Gasteiger partial charge on any atom is 0.0684 e. The van der Waals surface area contributed by atoms with Crippen LogP contribution in [0.2, 0.25) is 0 Å². The molecule has 0 amide bonds. The van der Waals surface area contributed by atoms with Gasteiger partial charge in [0.2, 0.25) is 0 Å². The molecule has 2 heteroatoms. The van der Waals surface area contributed by atoms with Gasteiger partial charge in [0, 0.05) is 12.2 Å². The summed E-state index contributed by atoms with van der Waals surface area (Å²) in [6.45, 7) is 4.59. The number of nitrogens with one attached hydrogen (secondary N) is 1. The molecule has 0 spiro atoms. The maximum absolute atomic E-state index is 9.12. The molecule has 1 aromatic carbocycles. The van der Waals surface area contributed by atoms with Crippen LogP contribution in [0.5, 0.6) is 0 Å². The van der Waals surface area contributed by atoms with Crippen molar-refractivity contribution in [2.75, 3.05) is 11.9 Å². The third-order valence-corrected chi connectivity index (χ3v) is 2.37. The molecule has 0 radical (unpaired) electrons. The zero-order chi connectivity index (χ0) is 11.1. The van der Waals surface area contributed by atoms with Gasteiger partial charge >= 0.3 is 0 Å². The highest BCUT2D eigenvalue weighted by Gasteiger charge is 1.96. The van der Waals surface area contributed by atoms with Gasteiger partial charge in [-0.05, 0) is 37.5 Å². The SMILES string of the molecule is CCCCc1ccc(NC[C@@H](C)O)cc1. The van der Waals surface area contributed by atoms with Gasteiger partial charge in [0.05, 0.1) is 6.10 Å². The van der Waals surface area contributed by atoms with Crippen molar-refractivity contribution in [2.24, 2.45) is 0 Å². The van der Waals surface area contributed by atoms with E-state index in [1.54, 1.807) is 6.92 Å². The van der Waals surface area contributed by atoms with Gasteiger partial charge in [0.25, 0.3) is 0 Å². The van der Waals surface area contributed by atoms with E-state index in [-0.39, 0.29) is 6.10 Å². The average Bonchev–Trinajstić information content (AvgIpc) is 2.25. The average molecular weight is 207 g/mol. The second-order valence-corrected chi connectivity index (χ2v) is 4.03. The molecule has 0 aliphatic carbocycles. The van der Waals surface area contributed by atoms with E-state index in [0.717, 1.165) is 12.1 Å². The van der Waals surface area contributed by atoms with Crippen molar-refractivity contribution in [3.63, 3.8) is 0 Å². The highest BCUT2D eigenvalue weighted by atomic mass is 16.3. The fourth-order valence-electron chi connectivity index (χ4n) is 1.44. The second kappa shape index (κ2) is 6.46. The lowest BCUT2D eigenvalue weighted by Crippen LogP contribution is -2.15. The minimum absolute atomic E-state index is 0.301. The first-order valence-corrected chi connectivity index (χ1v) is 5.73. The van der Waals surface area contributed by atoms with Crippen LogP contribution in [0.15, 0.2) is 24.3 Å². The van der Waals surface area contributed by atoms with Crippen molar-refractivity contribution >= 4 is 5.69 Å². The summed E-state index contributed by atoms with van der Waals surface area (Å²) in [4.78, 5) is 0. The largest absolute Gasteiger partial charge is 0.392 e.